The largest absolute Gasteiger partial charge is 0.285 e. The molecule has 160 valence electrons. The number of thiazole rings is 1. The van der Waals surface area contributed by atoms with E-state index in [0.29, 0.717) is 5.56 Å². The van der Waals surface area contributed by atoms with E-state index in [-0.39, 0.29) is 5.69 Å². The molecular formula is C23H19N5O3S. The van der Waals surface area contributed by atoms with Gasteiger partial charge in [-0.25, -0.2) is 10.4 Å². The molecule has 2 heterocycles. The van der Waals surface area contributed by atoms with Crippen molar-refractivity contribution >= 4 is 34.1 Å². The molecule has 1 amide bonds. The Kier molecular flexibility index (Phi) is 5.24. The van der Waals surface area contributed by atoms with E-state index in [0.717, 1.165) is 41.2 Å². The number of hydrogen-bond donors (Lipinski definition) is 1. The molecule has 4 aromatic rings. The number of nitrogens with one attached hydrogen (secondary N) is 1. The number of nitrogens with zero attached hydrogens (tertiary/aromatic N) is 4. The van der Waals surface area contributed by atoms with Gasteiger partial charge in [-0.3, -0.25) is 19.3 Å². The number of benzene rings is 2. The molecule has 0 spiro atoms. The average Bonchev–Trinajstić information content (AvgIpc) is 3.36. The zero-order chi connectivity index (χ0) is 22.1. The van der Waals surface area contributed by atoms with Gasteiger partial charge in [0.15, 0.2) is 4.96 Å². The second kappa shape index (κ2) is 8.35. The summed E-state index contributed by atoms with van der Waals surface area (Å²) in [6.45, 7) is 0. The number of non-ortho nitro benzene ring substituents is 1. The minimum atomic E-state index is -0.503. The number of hydrazone groups is 1. The number of imidazole rings is 1. The van der Waals surface area contributed by atoms with Crippen LogP contribution >= 0.6 is 11.3 Å². The molecule has 8 nitrogen and oxygen atoms in total. The molecule has 0 bridgehead atoms. The minimum absolute atomic E-state index is 0.0681. The summed E-state index contributed by atoms with van der Waals surface area (Å²) in [4.78, 5) is 29.9. The standard InChI is InChI=1S/C23H19N5O3S/c29-22(16-10-12-17(13-11-16)28(30)31)26-24-14-19-21(15-6-2-1-3-7-15)25-23-27(19)18-8-4-5-9-20(18)32-23/h1-3,6-7,10-14H,4-5,8-9H2,(H,26,29)/b24-14+. The molecule has 0 radical (unpaired) electrons. The van der Waals surface area contributed by atoms with Crippen molar-refractivity contribution in [3.8, 4) is 11.3 Å². The number of hydrogen-bond acceptors (Lipinski definition) is 6. The Bertz CT molecular complexity index is 1340. The number of nitro groups is 1. The van der Waals surface area contributed by atoms with Crippen LogP contribution in [0.15, 0.2) is 59.7 Å². The lowest BCUT2D eigenvalue weighted by Gasteiger charge is -2.11. The van der Waals surface area contributed by atoms with E-state index < -0.39 is 10.8 Å². The maximum atomic E-state index is 12.4. The molecule has 32 heavy (non-hydrogen) atoms. The second-order valence-electron chi connectivity index (χ2n) is 7.51. The van der Waals surface area contributed by atoms with Crippen LogP contribution in [0.4, 0.5) is 5.69 Å². The quantitative estimate of drug-likeness (QED) is 0.275. The van der Waals surface area contributed by atoms with E-state index in [1.54, 1.807) is 17.6 Å². The number of aromatic nitrogens is 2. The third kappa shape index (κ3) is 3.67. The van der Waals surface area contributed by atoms with Gasteiger partial charge in [0, 0.05) is 33.8 Å². The molecule has 5 rings (SSSR count). The first-order valence-corrected chi connectivity index (χ1v) is 11.1. The summed E-state index contributed by atoms with van der Waals surface area (Å²) in [6.07, 6.45) is 6.03. The third-order valence-electron chi connectivity index (χ3n) is 5.50. The molecule has 2 aromatic heterocycles. The van der Waals surface area contributed by atoms with E-state index in [4.69, 9.17) is 4.98 Å². The summed E-state index contributed by atoms with van der Waals surface area (Å²) < 4.78 is 2.16. The number of carbonyl (C=O) groups is 1. The molecule has 0 saturated carbocycles. The molecule has 9 heteroatoms. The van der Waals surface area contributed by atoms with E-state index in [9.17, 15) is 14.9 Å². The van der Waals surface area contributed by atoms with E-state index in [1.165, 1.54) is 41.3 Å². The fourth-order valence-corrected chi connectivity index (χ4v) is 5.15. The SMILES string of the molecule is O=C(N/N=C/c1c(-c2ccccc2)nc2sc3c(n12)CCCC3)c1ccc([N+](=O)[O-])cc1. The van der Waals surface area contributed by atoms with Gasteiger partial charge in [-0.05, 0) is 37.8 Å². The monoisotopic (exact) mass is 445 g/mol. The molecule has 1 aliphatic rings. The van der Waals surface area contributed by atoms with E-state index >= 15 is 0 Å². The highest BCUT2D eigenvalue weighted by Crippen LogP contribution is 2.34. The first kappa shape index (κ1) is 20.1. The number of aryl methyl sites for hydroxylation is 2. The maximum Gasteiger partial charge on any atom is 0.271 e. The van der Waals surface area contributed by atoms with Gasteiger partial charge in [-0.15, -0.1) is 11.3 Å². The van der Waals surface area contributed by atoms with Crippen molar-refractivity contribution in [2.75, 3.05) is 0 Å². The summed E-state index contributed by atoms with van der Waals surface area (Å²) in [5.74, 6) is -0.439. The van der Waals surface area contributed by atoms with Gasteiger partial charge >= 0.3 is 0 Å². The lowest BCUT2D eigenvalue weighted by atomic mass is 10.0. The number of rotatable bonds is 5. The number of fused-ring (bicyclic) bond motifs is 3. The molecule has 0 atom stereocenters. The first-order chi connectivity index (χ1) is 15.6. The van der Waals surface area contributed by atoms with Crippen LogP contribution in [0.25, 0.3) is 16.2 Å². The molecule has 1 N–H and O–H groups in total. The summed E-state index contributed by atoms with van der Waals surface area (Å²) in [5, 5.41) is 15.0. The lowest BCUT2D eigenvalue weighted by Crippen LogP contribution is -2.17. The van der Waals surface area contributed by atoms with Crippen LogP contribution in [-0.2, 0) is 12.8 Å². The summed E-state index contributed by atoms with van der Waals surface area (Å²) in [7, 11) is 0. The van der Waals surface area contributed by atoms with Crippen molar-refractivity contribution in [2.24, 2.45) is 5.10 Å². The van der Waals surface area contributed by atoms with E-state index in [2.05, 4.69) is 14.9 Å². The van der Waals surface area contributed by atoms with Crippen LogP contribution < -0.4 is 5.43 Å². The van der Waals surface area contributed by atoms with Crippen LogP contribution in [-0.4, -0.2) is 26.4 Å². The number of nitro benzene ring substituents is 1. The van der Waals surface area contributed by atoms with Crippen LogP contribution in [0, 0.1) is 10.1 Å². The highest BCUT2D eigenvalue weighted by Gasteiger charge is 2.22. The summed E-state index contributed by atoms with van der Waals surface area (Å²) in [6, 6.07) is 15.3. The van der Waals surface area contributed by atoms with Gasteiger partial charge < -0.3 is 0 Å². The van der Waals surface area contributed by atoms with Crippen LogP contribution in [0.5, 0.6) is 0 Å². The van der Waals surface area contributed by atoms with Gasteiger partial charge in [-0.1, -0.05) is 30.3 Å². The lowest BCUT2D eigenvalue weighted by molar-refractivity contribution is -0.384. The van der Waals surface area contributed by atoms with Gasteiger partial charge in [0.1, 0.15) is 0 Å². The van der Waals surface area contributed by atoms with Crippen LogP contribution in [0.3, 0.4) is 0 Å². The Morgan fingerprint density at radius 1 is 1.12 bits per heavy atom. The smallest absolute Gasteiger partial charge is 0.271 e. The van der Waals surface area contributed by atoms with Crippen molar-refractivity contribution < 1.29 is 9.72 Å². The van der Waals surface area contributed by atoms with Crippen molar-refractivity contribution in [1.29, 1.82) is 0 Å². The fourth-order valence-electron chi connectivity index (χ4n) is 3.94. The Hall–Kier alpha value is -3.85. The van der Waals surface area contributed by atoms with E-state index in [1.807, 2.05) is 30.3 Å². The molecule has 0 aliphatic heterocycles. The topological polar surface area (TPSA) is 102 Å². The highest BCUT2D eigenvalue weighted by atomic mass is 32.1. The minimum Gasteiger partial charge on any atom is -0.285 e. The summed E-state index contributed by atoms with van der Waals surface area (Å²) in [5.41, 5.74) is 6.65. The van der Waals surface area contributed by atoms with Gasteiger partial charge in [-0.2, -0.15) is 5.10 Å². The molecule has 2 aromatic carbocycles. The third-order valence-corrected chi connectivity index (χ3v) is 6.64. The first-order valence-electron chi connectivity index (χ1n) is 10.3. The molecule has 1 aliphatic carbocycles. The molecule has 0 fully saturated rings. The Labute approximate surface area is 187 Å². The van der Waals surface area contributed by atoms with Crippen LogP contribution in [0.2, 0.25) is 0 Å². The Balaban J connectivity index is 1.48. The molecule has 0 unspecified atom stereocenters. The number of carbonyl (C=O) groups excluding carboxylic acids is 1. The fraction of sp³-hybridized carbons (Fsp3) is 0.174. The number of amides is 1. The average molecular weight is 446 g/mol. The van der Waals surface area contributed by atoms with Crippen LogP contribution in [0.1, 0.15) is 39.5 Å². The zero-order valence-electron chi connectivity index (χ0n) is 17.0. The predicted molar refractivity (Wildman–Crippen MR) is 123 cm³/mol. The van der Waals surface area contributed by atoms with Crippen molar-refractivity contribution in [1.82, 2.24) is 14.8 Å². The highest BCUT2D eigenvalue weighted by molar-refractivity contribution is 7.17. The zero-order valence-corrected chi connectivity index (χ0v) is 17.8. The molecular weight excluding hydrogens is 426 g/mol. The van der Waals surface area contributed by atoms with Gasteiger partial charge in [0.2, 0.25) is 0 Å². The van der Waals surface area contributed by atoms with Crippen molar-refractivity contribution in [3.63, 3.8) is 0 Å². The van der Waals surface area contributed by atoms with Crippen molar-refractivity contribution in [2.45, 2.75) is 25.7 Å². The normalized spacial score (nSPS) is 13.4. The molecule has 0 saturated heterocycles. The predicted octanol–water partition coefficient (Wildman–Crippen LogP) is 4.61. The Morgan fingerprint density at radius 2 is 1.88 bits per heavy atom. The van der Waals surface area contributed by atoms with Gasteiger partial charge in [0.25, 0.3) is 11.6 Å². The Morgan fingerprint density at radius 3 is 2.62 bits per heavy atom. The summed E-state index contributed by atoms with van der Waals surface area (Å²) >= 11 is 1.72. The second-order valence-corrected chi connectivity index (χ2v) is 8.57. The van der Waals surface area contributed by atoms with Gasteiger partial charge in [0.05, 0.1) is 22.5 Å². The van der Waals surface area contributed by atoms with Crippen molar-refractivity contribution in [3.05, 3.63) is 86.5 Å². The maximum absolute atomic E-state index is 12.4.